The van der Waals surface area contributed by atoms with Crippen LogP contribution in [-0.4, -0.2) is 10.00 Å². The second kappa shape index (κ2) is 3.25. The number of alkyl halides is 2. The maximum atomic E-state index is 8.32. The summed E-state index contributed by atoms with van der Waals surface area (Å²) in [5.74, 6) is 0. The summed E-state index contributed by atoms with van der Waals surface area (Å²) >= 11 is 10.8. The van der Waals surface area contributed by atoms with E-state index >= 15 is 0 Å². The Morgan fingerprint density at radius 3 is 1.55 bits per heavy atom. The topological polar surface area (TPSA) is 99.6 Å². The van der Waals surface area contributed by atoms with Gasteiger partial charge in [-0.15, -0.1) is 0 Å². The van der Waals surface area contributed by atoms with Crippen LogP contribution in [0, 0.1) is 22.7 Å². The maximum Gasteiger partial charge on any atom is 0.182 e. The standard InChI is InChI=1S/C5H6Cl2N4/c6-4(10,2-8)1-5(7,11)3-9/h1,10-11H2. The molecule has 0 amide bonds. The van der Waals surface area contributed by atoms with Gasteiger partial charge >= 0.3 is 0 Å². The van der Waals surface area contributed by atoms with Gasteiger partial charge in [0, 0.05) is 6.42 Å². The van der Waals surface area contributed by atoms with Gasteiger partial charge in [0.25, 0.3) is 0 Å². The largest absolute Gasteiger partial charge is 0.301 e. The summed E-state index contributed by atoms with van der Waals surface area (Å²) in [7, 11) is 0. The maximum absolute atomic E-state index is 8.32. The van der Waals surface area contributed by atoms with Crippen molar-refractivity contribution in [3.05, 3.63) is 0 Å². The van der Waals surface area contributed by atoms with Gasteiger partial charge in [0.15, 0.2) is 10.00 Å². The monoisotopic (exact) mass is 192 g/mol. The van der Waals surface area contributed by atoms with Crippen molar-refractivity contribution in [1.82, 2.24) is 0 Å². The minimum Gasteiger partial charge on any atom is -0.301 e. The Balaban J connectivity index is 4.31. The van der Waals surface area contributed by atoms with Crippen LogP contribution in [0.4, 0.5) is 0 Å². The van der Waals surface area contributed by atoms with Gasteiger partial charge in [-0.2, -0.15) is 10.5 Å². The number of nitrogens with two attached hydrogens (primary N) is 2. The third-order valence-electron chi connectivity index (χ3n) is 0.886. The van der Waals surface area contributed by atoms with Crippen LogP contribution < -0.4 is 11.5 Å². The van der Waals surface area contributed by atoms with Crippen LogP contribution in [0.2, 0.25) is 0 Å². The highest BCUT2D eigenvalue weighted by molar-refractivity contribution is 6.28. The van der Waals surface area contributed by atoms with Crippen molar-refractivity contribution in [3.63, 3.8) is 0 Å². The molecule has 6 heteroatoms. The summed E-state index contributed by atoms with van der Waals surface area (Å²) in [6, 6.07) is 3.12. The summed E-state index contributed by atoms with van der Waals surface area (Å²) in [6.07, 6.45) is -0.296. The highest BCUT2D eigenvalue weighted by atomic mass is 35.5. The molecule has 2 unspecified atom stereocenters. The van der Waals surface area contributed by atoms with Gasteiger partial charge in [0.05, 0.1) is 0 Å². The van der Waals surface area contributed by atoms with E-state index in [1.165, 1.54) is 0 Å². The van der Waals surface area contributed by atoms with Crippen LogP contribution in [0.1, 0.15) is 6.42 Å². The minimum absolute atomic E-state index is 0.296. The number of hydrogen-bond donors (Lipinski definition) is 2. The summed E-state index contributed by atoms with van der Waals surface area (Å²) < 4.78 is 0. The number of nitrogens with zero attached hydrogens (tertiary/aromatic N) is 2. The predicted octanol–water partition coefficient (Wildman–Crippen LogP) is 0.211. The molecule has 0 rings (SSSR count). The first-order valence-corrected chi connectivity index (χ1v) is 3.37. The fraction of sp³-hybridized carbons (Fsp3) is 0.600. The van der Waals surface area contributed by atoms with Crippen LogP contribution in [-0.2, 0) is 0 Å². The summed E-state index contributed by atoms with van der Waals surface area (Å²) in [5, 5.41) is 16.6. The van der Waals surface area contributed by atoms with Crippen LogP contribution in [0.25, 0.3) is 0 Å². The van der Waals surface area contributed by atoms with Crippen molar-refractivity contribution in [2.45, 2.75) is 16.4 Å². The van der Waals surface area contributed by atoms with Crippen molar-refractivity contribution in [3.8, 4) is 12.1 Å². The molecular formula is C5H6Cl2N4. The van der Waals surface area contributed by atoms with Crippen molar-refractivity contribution in [2.75, 3.05) is 0 Å². The first-order valence-electron chi connectivity index (χ1n) is 2.61. The molecule has 0 saturated heterocycles. The fourth-order valence-electron chi connectivity index (χ4n) is 0.453. The zero-order chi connectivity index (χ0) is 9.12. The third-order valence-corrected chi connectivity index (χ3v) is 1.32. The number of halogens is 2. The fourth-order valence-corrected chi connectivity index (χ4v) is 0.943. The van der Waals surface area contributed by atoms with E-state index in [-0.39, 0.29) is 6.42 Å². The molecule has 0 fully saturated rings. The molecule has 2 atom stereocenters. The zero-order valence-electron chi connectivity index (χ0n) is 5.51. The number of hydrogen-bond acceptors (Lipinski definition) is 4. The van der Waals surface area contributed by atoms with E-state index in [0.717, 1.165) is 0 Å². The van der Waals surface area contributed by atoms with E-state index in [9.17, 15) is 0 Å². The van der Waals surface area contributed by atoms with E-state index in [1.54, 1.807) is 12.1 Å². The van der Waals surface area contributed by atoms with Crippen LogP contribution >= 0.6 is 23.2 Å². The van der Waals surface area contributed by atoms with Crippen molar-refractivity contribution >= 4 is 23.2 Å². The van der Waals surface area contributed by atoms with Crippen molar-refractivity contribution < 1.29 is 0 Å². The lowest BCUT2D eigenvalue weighted by atomic mass is 10.1. The average molecular weight is 193 g/mol. The quantitative estimate of drug-likeness (QED) is 0.483. The molecule has 0 aliphatic rings. The molecule has 0 aromatic carbocycles. The molecule has 0 aliphatic heterocycles. The Morgan fingerprint density at radius 2 is 1.36 bits per heavy atom. The van der Waals surface area contributed by atoms with Gasteiger partial charge in [0.1, 0.15) is 12.1 Å². The predicted molar refractivity (Wildman–Crippen MR) is 41.4 cm³/mol. The highest BCUT2D eigenvalue weighted by Crippen LogP contribution is 2.22. The lowest BCUT2D eigenvalue weighted by Crippen LogP contribution is -2.44. The molecule has 0 radical (unpaired) electrons. The molecule has 4 N–H and O–H groups in total. The number of nitriles is 2. The lowest BCUT2D eigenvalue weighted by molar-refractivity contribution is 0.579. The Labute approximate surface area is 74.3 Å². The van der Waals surface area contributed by atoms with Gasteiger partial charge in [-0.3, -0.25) is 0 Å². The van der Waals surface area contributed by atoms with Gasteiger partial charge < -0.3 is 11.5 Å². The molecule has 0 saturated carbocycles. The van der Waals surface area contributed by atoms with E-state index in [0.29, 0.717) is 0 Å². The minimum atomic E-state index is -1.67. The van der Waals surface area contributed by atoms with Crippen LogP contribution in [0.3, 0.4) is 0 Å². The van der Waals surface area contributed by atoms with E-state index in [2.05, 4.69) is 0 Å². The summed E-state index contributed by atoms with van der Waals surface area (Å²) in [6.45, 7) is 0. The van der Waals surface area contributed by atoms with Crippen LogP contribution in [0.5, 0.6) is 0 Å². The first kappa shape index (κ1) is 10.5. The third kappa shape index (κ3) is 4.02. The van der Waals surface area contributed by atoms with Gasteiger partial charge in [-0.05, 0) is 0 Å². The summed E-state index contributed by atoms with van der Waals surface area (Å²) in [4.78, 5) is -3.35. The second-order valence-corrected chi connectivity index (χ2v) is 3.47. The molecule has 0 aliphatic carbocycles. The first-order chi connectivity index (χ1) is 4.83. The number of rotatable bonds is 2. The van der Waals surface area contributed by atoms with Crippen molar-refractivity contribution in [2.24, 2.45) is 11.5 Å². The molecule has 60 valence electrons. The molecule has 0 aromatic rings. The van der Waals surface area contributed by atoms with E-state index in [4.69, 9.17) is 45.2 Å². The zero-order valence-corrected chi connectivity index (χ0v) is 7.02. The molecule has 11 heavy (non-hydrogen) atoms. The normalized spacial score (nSPS) is 20.5. The molecule has 0 spiro atoms. The van der Waals surface area contributed by atoms with Crippen molar-refractivity contribution in [1.29, 1.82) is 10.5 Å². The average Bonchev–Trinajstić information content (AvgIpc) is 1.86. The Bertz CT molecular complexity index is 198. The molecule has 4 nitrogen and oxygen atoms in total. The Kier molecular flexibility index (Phi) is 3.10. The van der Waals surface area contributed by atoms with E-state index < -0.39 is 10.00 Å². The smallest absolute Gasteiger partial charge is 0.182 e. The SMILES string of the molecule is N#CC(N)(Cl)CC(N)(Cl)C#N. The Hall–Kier alpha value is -0.520. The van der Waals surface area contributed by atoms with Gasteiger partial charge in [-0.1, -0.05) is 23.2 Å². The Morgan fingerprint density at radius 1 is 1.09 bits per heavy atom. The van der Waals surface area contributed by atoms with Gasteiger partial charge in [-0.25, -0.2) is 0 Å². The molecular weight excluding hydrogens is 187 g/mol. The lowest BCUT2D eigenvalue weighted by Gasteiger charge is -2.19. The molecule has 0 bridgehead atoms. The molecule has 0 aromatic heterocycles. The highest BCUT2D eigenvalue weighted by Gasteiger charge is 2.33. The summed E-state index contributed by atoms with van der Waals surface area (Å²) in [5.41, 5.74) is 10.3. The van der Waals surface area contributed by atoms with E-state index in [1.807, 2.05) is 0 Å². The van der Waals surface area contributed by atoms with Crippen LogP contribution in [0.15, 0.2) is 0 Å². The van der Waals surface area contributed by atoms with Gasteiger partial charge in [0.2, 0.25) is 0 Å². The molecule has 0 heterocycles. The second-order valence-electron chi connectivity index (χ2n) is 2.13.